The molecule has 0 saturated heterocycles. The number of amides is 1. The Balaban J connectivity index is 1.74. The van der Waals surface area contributed by atoms with Crippen molar-refractivity contribution < 1.29 is 9.18 Å². The minimum absolute atomic E-state index is 0.144. The predicted octanol–water partition coefficient (Wildman–Crippen LogP) is 4.43. The lowest BCUT2D eigenvalue weighted by molar-refractivity contribution is -0.115. The Hall–Kier alpha value is -2.74. The first-order chi connectivity index (χ1) is 13.5. The van der Waals surface area contributed by atoms with Crippen molar-refractivity contribution in [3.05, 3.63) is 59.9 Å². The molecule has 8 heteroatoms. The Morgan fingerprint density at radius 2 is 2.00 bits per heavy atom. The molecule has 1 amide bonds. The number of hydrogen-bond donors (Lipinski definition) is 1. The van der Waals surface area contributed by atoms with Crippen molar-refractivity contribution in [3.8, 4) is 5.69 Å². The Bertz CT molecular complexity index is 961. The number of tetrazole rings is 1. The third kappa shape index (κ3) is 4.56. The number of aromatic nitrogens is 4. The van der Waals surface area contributed by atoms with Gasteiger partial charge in [-0.05, 0) is 59.5 Å². The van der Waals surface area contributed by atoms with Crippen LogP contribution in [0.5, 0.6) is 0 Å². The Labute approximate surface area is 167 Å². The zero-order chi connectivity index (χ0) is 20.1. The van der Waals surface area contributed by atoms with Crippen LogP contribution in [0.3, 0.4) is 0 Å². The molecule has 2 atom stereocenters. The summed E-state index contributed by atoms with van der Waals surface area (Å²) in [6.07, 6.45) is 0.986. The van der Waals surface area contributed by atoms with Crippen LogP contribution in [0.1, 0.15) is 38.7 Å². The number of benzene rings is 2. The molecule has 0 aliphatic carbocycles. The molecule has 1 heterocycles. The molecule has 1 aromatic heterocycles. The molecule has 3 rings (SSSR count). The molecule has 6 nitrogen and oxygen atoms in total. The summed E-state index contributed by atoms with van der Waals surface area (Å²) < 4.78 is 14.9. The summed E-state index contributed by atoms with van der Waals surface area (Å²) in [7, 11) is 0. The van der Waals surface area contributed by atoms with Crippen LogP contribution in [0.2, 0.25) is 0 Å². The van der Waals surface area contributed by atoms with E-state index in [4.69, 9.17) is 0 Å². The maximum atomic E-state index is 13.5. The summed E-state index contributed by atoms with van der Waals surface area (Å²) in [5.74, 6) is -0.175. The van der Waals surface area contributed by atoms with Crippen LogP contribution in [0.15, 0.2) is 53.7 Å². The molecule has 0 aliphatic heterocycles. The molecular formula is C20H22FN5OS. The summed E-state index contributed by atoms with van der Waals surface area (Å²) in [5, 5.41) is 14.5. The fourth-order valence-electron chi connectivity index (χ4n) is 2.73. The molecule has 0 saturated carbocycles. The van der Waals surface area contributed by atoms with Gasteiger partial charge < -0.3 is 5.32 Å². The van der Waals surface area contributed by atoms with Gasteiger partial charge in [-0.15, -0.1) is 5.10 Å². The van der Waals surface area contributed by atoms with Gasteiger partial charge in [-0.2, -0.15) is 4.68 Å². The highest BCUT2D eigenvalue weighted by Crippen LogP contribution is 2.28. The normalized spacial score (nSPS) is 13.1. The van der Waals surface area contributed by atoms with E-state index in [1.165, 1.54) is 28.6 Å². The zero-order valence-corrected chi connectivity index (χ0v) is 16.8. The second-order valence-corrected chi connectivity index (χ2v) is 7.81. The first kappa shape index (κ1) is 20.0. The monoisotopic (exact) mass is 399 g/mol. The lowest BCUT2D eigenvalue weighted by Gasteiger charge is -2.17. The number of hydrogen-bond acceptors (Lipinski definition) is 5. The molecule has 0 bridgehead atoms. The van der Waals surface area contributed by atoms with E-state index in [0.29, 0.717) is 16.8 Å². The molecule has 0 radical (unpaired) electrons. The molecule has 0 aliphatic rings. The highest BCUT2D eigenvalue weighted by atomic mass is 32.2. The molecule has 2 aromatic carbocycles. The maximum absolute atomic E-state index is 13.5. The average molecular weight is 399 g/mol. The number of nitrogens with one attached hydrogen (secondary N) is 1. The van der Waals surface area contributed by atoms with E-state index in [0.717, 1.165) is 17.7 Å². The van der Waals surface area contributed by atoms with Gasteiger partial charge in [0, 0.05) is 5.69 Å². The number of halogens is 1. The van der Waals surface area contributed by atoms with Crippen LogP contribution in [0.4, 0.5) is 10.1 Å². The quantitative estimate of drug-likeness (QED) is 0.595. The molecule has 1 N–H and O–H groups in total. The standard InChI is InChI=1S/C20H22FN5OS/c1-4-13(2)17-10-5-6-11-18(17)22-19(27)14(3)28-20-23-24-25-26(20)16-9-7-8-15(21)12-16/h5-14H,4H2,1-3H3,(H,22,27)/t13-,14+/m1/s1. The number of thioether (sulfide) groups is 1. The van der Waals surface area contributed by atoms with Crippen LogP contribution < -0.4 is 5.32 Å². The van der Waals surface area contributed by atoms with Gasteiger partial charge in [0.15, 0.2) is 0 Å². The summed E-state index contributed by atoms with van der Waals surface area (Å²) >= 11 is 1.22. The second kappa shape index (κ2) is 8.97. The van der Waals surface area contributed by atoms with Gasteiger partial charge in [0.1, 0.15) is 5.82 Å². The largest absolute Gasteiger partial charge is 0.325 e. The van der Waals surface area contributed by atoms with Gasteiger partial charge in [-0.1, -0.05) is 49.9 Å². The number of carbonyl (C=O) groups excluding carboxylic acids is 1. The molecule has 0 spiro atoms. The molecule has 0 fully saturated rings. The van der Waals surface area contributed by atoms with Gasteiger partial charge in [-0.3, -0.25) is 4.79 Å². The summed E-state index contributed by atoms with van der Waals surface area (Å²) in [5.41, 5.74) is 2.43. The molecule has 146 valence electrons. The second-order valence-electron chi connectivity index (χ2n) is 6.50. The van der Waals surface area contributed by atoms with Crippen molar-refractivity contribution in [2.24, 2.45) is 0 Å². The molecule has 28 heavy (non-hydrogen) atoms. The zero-order valence-electron chi connectivity index (χ0n) is 16.0. The van der Waals surface area contributed by atoms with Crippen molar-refractivity contribution in [2.45, 2.75) is 43.5 Å². The van der Waals surface area contributed by atoms with Crippen molar-refractivity contribution >= 4 is 23.4 Å². The van der Waals surface area contributed by atoms with E-state index >= 15 is 0 Å². The van der Waals surface area contributed by atoms with E-state index in [1.807, 2.05) is 24.3 Å². The van der Waals surface area contributed by atoms with E-state index in [2.05, 4.69) is 34.7 Å². The third-order valence-electron chi connectivity index (χ3n) is 4.51. The van der Waals surface area contributed by atoms with Crippen LogP contribution in [0.25, 0.3) is 5.69 Å². The minimum Gasteiger partial charge on any atom is -0.325 e. The fourth-order valence-corrected chi connectivity index (χ4v) is 3.54. The van der Waals surface area contributed by atoms with Crippen LogP contribution in [-0.4, -0.2) is 31.4 Å². The van der Waals surface area contributed by atoms with Crippen molar-refractivity contribution in [3.63, 3.8) is 0 Å². The summed E-state index contributed by atoms with van der Waals surface area (Å²) in [6, 6.07) is 13.8. The lowest BCUT2D eigenvalue weighted by Crippen LogP contribution is -2.23. The minimum atomic E-state index is -0.441. The highest BCUT2D eigenvalue weighted by Gasteiger charge is 2.21. The lowest BCUT2D eigenvalue weighted by atomic mass is 9.97. The smallest absolute Gasteiger partial charge is 0.237 e. The average Bonchev–Trinajstić information content (AvgIpc) is 3.16. The first-order valence-corrected chi connectivity index (χ1v) is 9.98. The number of anilines is 1. The van der Waals surface area contributed by atoms with E-state index in [1.54, 1.807) is 19.1 Å². The van der Waals surface area contributed by atoms with Gasteiger partial charge in [0.25, 0.3) is 0 Å². The number of para-hydroxylation sites is 1. The molecular weight excluding hydrogens is 377 g/mol. The van der Waals surface area contributed by atoms with Gasteiger partial charge in [-0.25, -0.2) is 4.39 Å². The Kier molecular flexibility index (Phi) is 6.41. The Morgan fingerprint density at radius 1 is 1.21 bits per heavy atom. The SMILES string of the molecule is CC[C@@H](C)c1ccccc1NC(=O)[C@H](C)Sc1nnnn1-c1cccc(F)c1. The number of carbonyl (C=O) groups is 1. The van der Waals surface area contributed by atoms with Gasteiger partial charge in [0.05, 0.1) is 10.9 Å². The van der Waals surface area contributed by atoms with E-state index in [-0.39, 0.29) is 11.7 Å². The Morgan fingerprint density at radius 3 is 2.75 bits per heavy atom. The highest BCUT2D eigenvalue weighted by molar-refractivity contribution is 8.00. The number of rotatable bonds is 7. The summed E-state index contributed by atoms with van der Waals surface area (Å²) in [4.78, 5) is 12.7. The van der Waals surface area contributed by atoms with Crippen LogP contribution >= 0.6 is 11.8 Å². The first-order valence-electron chi connectivity index (χ1n) is 9.10. The molecule has 3 aromatic rings. The molecule has 0 unspecified atom stereocenters. The van der Waals surface area contributed by atoms with E-state index < -0.39 is 5.25 Å². The van der Waals surface area contributed by atoms with Gasteiger partial charge in [0.2, 0.25) is 11.1 Å². The summed E-state index contributed by atoms with van der Waals surface area (Å²) in [6.45, 7) is 6.04. The fraction of sp³-hybridized carbons (Fsp3) is 0.300. The number of nitrogens with zero attached hydrogens (tertiary/aromatic N) is 4. The van der Waals surface area contributed by atoms with Crippen molar-refractivity contribution in [2.75, 3.05) is 5.32 Å². The predicted molar refractivity (Wildman–Crippen MR) is 108 cm³/mol. The van der Waals surface area contributed by atoms with Crippen LogP contribution in [0, 0.1) is 5.82 Å². The topological polar surface area (TPSA) is 72.7 Å². The third-order valence-corrected chi connectivity index (χ3v) is 5.54. The van der Waals surface area contributed by atoms with Gasteiger partial charge >= 0.3 is 0 Å². The maximum Gasteiger partial charge on any atom is 0.237 e. The van der Waals surface area contributed by atoms with Crippen LogP contribution in [-0.2, 0) is 4.79 Å². The van der Waals surface area contributed by atoms with Crippen molar-refractivity contribution in [1.82, 2.24) is 20.2 Å². The van der Waals surface area contributed by atoms with E-state index in [9.17, 15) is 9.18 Å². The van der Waals surface area contributed by atoms with Crippen molar-refractivity contribution in [1.29, 1.82) is 0 Å².